The molecule has 0 radical (unpaired) electrons. The second-order valence-electron chi connectivity index (χ2n) is 18.1. The molecule has 0 saturated carbocycles. The fourth-order valence-corrected chi connectivity index (χ4v) is 10.8. The topological polar surface area (TPSA) is 160 Å². The van der Waals surface area contributed by atoms with Crippen molar-refractivity contribution in [3.05, 3.63) is 85.7 Å². The van der Waals surface area contributed by atoms with E-state index in [9.17, 15) is 28.8 Å². The summed E-state index contributed by atoms with van der Waals surface area (Å²) in [5.74, 6) is -0.627. The van der Waals surface area contributed by atoms with Crippen molar-refractivity contribution in [1.82, 2.24) is 34.7 Å². The first-order valence-corrected chi connectivity index (χ1v) is 22.3. The molecule has 4 unspecified atom stereocenters. The van der Waals surface area contributed by atoms with Crippen LogP contribution in [0.5, 0.6) is 0 Å². The van der Waals surface area contributed by atoms with Crippen molar-refractivity contribution >= 4 is 57.3 Å². The van der Waals surface area contributed by atoms with Gasteiger partial charge in [-0.15, -0.1) is 0 Å². The van der Waals surface area contributed by atoms with E-state index in [-0.39, 0.29) is 41.7 Å². The molecule has 0 bridgehead atoms. The van der Waals surface area contributed by atoms with Crippen LogP contribution in [0.1, 0.15) is 82.7 Å². The summed E-state index contributed by atoms with van der Waals surface area (Å²) in [7, 11) is 3.75. The molecule has 5 fully saturated rings. The van der Waals surface area contributed by atoms with Gasteiger partial charge in [0.25, 0.3) is 17.4 Å². The molecule has 0 aliphatic carbocycles. The second-order valence-corrected chi connectivity index (χ2v) is 18.9. The average molecular weight is 899 g/mol. The number of aryl methyl sites for hydroxylation is 2. The summed E-state index contributed by atoms with van der Waals surface area (Å²) in [6.07, 6.45) is 7.34. The number of carbonyl (C=O) groups is 5. The summed E-state index contributed by atoms with van der Waals surface area (Å²) in [4.78, 5) is 86.1. The van der Waals surface area contributed by atoms with Gasteiger partial charge in [-0.1, -0.05) is 18.2 Å². The number of likely N-dealkylation sites (tertiary alicyclic amines) is 3. The third-order valence-corrected chi connectivity index (χ3v) is 14.6. The highest BCUT2D eigenvalue weighted by Gasteiger charge is 2.45. The molecule has 15 nitrogen and oxygen atoms in total. The van der Waals surface area contributed by atoms with Crippen LogP contribution in [-0.2, 0) is 21.4 Å². The first-order valence-electron chi connectivity index (χ1n) is 21.6. The Morgan fingerprint density at radius 1 is 0.984 bits per heavy atom. The zero-order valence-electron chi connectivity index (χ0n) is 35.3. The predicted molar refractivity (Wildman–Crippen MR) is 234 cm³/mol. The van der Waals surface area contributed by atoms with E-state index in [0.717, 1.165) is 107 Å². The Bertz CT molecular complexity index is 2240. The highest BCUT2D eigenvalue weighted by molar-refractivity contribution is 9.10. The minimum absolute atomic E-state index is 0.0775. The van der Waals surface area contributed by atoms with Gasteiger partial charge in [-0.25, -0.2) is 4.68 Å². The Labute approximate surface area is 364 Å². The monoisotopic (exact) mass is 897 g/mol. The quantitative estimate of drug-likeness (QED) is 0.226. The molecule has 5 saturated heterocycles. The molecular weight excluding hydrogens is 842 g/mol. The number of hydrogen-bond acceptors (Lipinski definition) is 11. The number of rotatable bonds is 10. The van der Waals surface area contributed by atoms with Gasteiger partial charge >= 0.3 is 0 Å². The number of hydrogen-bond donors (Lipinski definition) is 2. The normalized spacial score (nSPS) is 25.2. The lowest BCUT2D eigenvalue weighted by atomic mass is 9.86. The van der Waals surface area contributed by atoms with E-state index in [1.165, 1.54) is 10.2 Å². The number of nitrogens with one attached hydrogen (secondary N) is 2. The van der Waals surface area contributed by atoms with Crippen LogP contribution in [0.25, 0.3) is 0 Å². The van der Waals surface area contributed by atoms with Crippen LogP contribution < -0.4 is 21.1 Å². The zero-order valence-corrected chi connectivity index (χ0v) is 36.9. The van der Waals surface area contributed by atoms with E-state index in [1.807, 2.05) is 37.3 Å². The summed E-state index contributed by atoms with van der Waals surface area (Å²) in [6, 6.07) is 13.1. The number of nitrogens with zero attached hydrogens (tertiary/aromatic N) is 7. The van der Waals surface area contributed by atoms with Gasteiger partial charge in [-0.2, -0.15) is 5.10 Å². The molecule has 1 spiro atoms. The molecule has 5 aliphatic heterocycles. The maximum atomic E-state index is 13.8. The SMILES string of the molecule is Cc1ccc(N2CCC(CN3CCC4(CCN(C(=O)c5ccc(C6CC(Nc7cnn(C)c(=O)c7Br)CN(C)C6)cc5)C4)C3)CC2)cc1C(=O)N(C=O)C1CCC(=O)NC1=O. The van der Waals surface area contributed by atoms with Crippen molar-refractivity contribution in [3.8, 4) is 0 Å². The smallest absolute Gasteiger partial charge is 0.282 e. The molecule has 5 aliphatic rings. The number of amides is 5. The van der Waals surface area contributed by atoms with Gasteiger partial charge < -0.3 is 24.9 Å². The number of piperidine rings is 3. The van der Waals surface area contributed by atoms with Crippen LogP contribution in [0.3, 0.4) is 0 Å². The number of likely N-dealkylation sites (N-methyl/N-ethyl adjacent to an activating group) is 1. The van der Waals surface area contributed by atoms with Crippen LogP contribution in [-0.4, -0.2) is 137 Å². The number of halogens is 1. The van der Waals surface area contributed by atoms with Crippen molar-refractivity contribution < 1.29 is 24.0 Å². The average Bonchev–Trinajstić information content (AvgIpc) is 3.86. The second kappa shape index (κ2) is 17.8. The first kappa shape index (κ1) is 42.7. The van der Waals surface area contributed by atoms with Crippen LogP contribution in [0.4, 0.5) is 11.4 Å². The third kappa shape index (κ3) is 9.17. The van der Waals surface area contributed by atoms with Crippen LogP contribution in [0, 0.1) is 18.3 Å². The highest BCUT2D eigenvalue weighted by atomic mass is 79.9. The van der Waals surface area contributed by atoms with Crippen LogP contribution >= 0.6 is 15.9 Å². The summed E-state index contributed by atoms with van der Waals surface area (Å²) in [6.45, 7) is 9.94. The van der Waals surface area contributed by atoms with E-state index in [0.29, 0.717) is 33.6 Å². The fraction of sp³-hybridized carbons (Fsp3) is 0.533. The van der Waals surface area contributed by atoms with Gasteiger partial charge in [0.05, 0.1) is 11.9 Å². The van der Waals surface area contributed by atoms with Gasteiger partial charge in [0.2, 0.25) is 18.2 Å². The van der Waals surface area contributed by atoms with Gasteiger partial charge in [0.15, 0.2) is 0 Å². The largest absolute Gasteiger partial charge is 0.379 e. The number of imide groups is 2. The summed E-state index contributed by atoms with van der Waals surface area (Å²) < 4.78 is 1.79. The number of aromatic nitrogens is 2. The third-order valence-electron chi connectivity index (χ3n) is 13.8. The van der Waals surface area contributed by atoms with Gasteiger partial charge in [-0.3, -0.25) is 39.0 Å². The Kier molecular flexibility index (Phi) is 12.5. The Morgan fingerprint density at radius 3 is 2.48 bits per heavy atom. The van der Waals surface area contributed by atoms with Crippen LogP contribution in [0.15, 0.2) is 57.9 Å². The number of anilines is 2. The van der Waals surface area contributed by atoms with Crippen molar-refractivity contribution in [1.29, 1.82) is 0 Å². The van der Waals surface area contributed by atoms with Gasteiger partial charge in [0.1, 0.15) is 10.5 Å². The molecule has 324 valence electrons. The number of carbonyl (C=O) groups excluding carboxylic acids is 5. The van der Waals surface area contributed by atoms with Gasteiger partial charge in [0, 0.05) is 94.1 Å². The van der Waals surface area contributed by atoms with Crippen molar-refractivity contribution in [2.75, 3.05) is 76.2 Å². The van der Waals surface area contributed by atoms with Crippen LogP contribution in [0.2, 0.25) is 0 Å². The summed E-state index contributed by atoms with van der Waals surface area (Å²) in [5, 5.41) is 9.94. The molecule has 1 aromatic heterocycles. The van der Waals surface area contributed by atoms with E-state index in [4.69, 9.17) is 0 Å². The number of benzene rings is 2. The minimum Gasteiger partial charge on any atom is -0.379 e. The molecular formula is C45H56BrN9O6. The molecule has 6 heterocycles. The molecule has 2 aromatic carbocycles. The summed E-state index contributed by atoms with van der Waals surface area (Å²) >= 11 is 3.44. The predicted octanol–water partition coefficient (Wildman–Crippen LogP) is 3.61. The van der Waals surface area contributed by atoms with E-state index < -0.39 is 23.8 Å². The lowest BCUT2D eigenvalue weighted by Gasteiger charge is -2.37. The fourth-order valence-electron chi connectivity index (χ4n) is 10.3. The van der Waals surface area contributed by atoms with Crippen molar-refractivity contribution in [3.63, 3.8) is 0 Å². The Balaban J connectivity index is 0.811. The molecule has 8 rings (SSSR count). The zero-order chi connectivity index (χ0) is 43.0. The van der Waals surface area contributed by atoms with Crippen molar-refractivity contribution in [2.24, 2.45) is 18.4 Å². The molecule has 5 amide bonds. The molecule has 2 N–H and O–H groups in total. The molecule has 61 heavy (non-hydrogen) atoms. The van der Waals surface area contributed by atoms with Gasteiger partial charge in [-0.05, 0) is 122 Å². The van der Waals surface area contributed by atoms with Crippen molar-refractivity contribution in [2.45, 2.75) is 69.9 Å². The van der Waals surface area contributed by atoms with E-state index in [2.05, 4.69) is 70.4 Å². The first-order chi connectivity index (χ1) is 29.3. The minimum atomic E-state index is -1.01. The van der Waals surface area contributed by atoms with E-state index >= 15 is 0 Å². The molecule has 4 atom stereocenters. The van der Waals surface area contributed by atoms with E-state index in [1.54, 1.807) is 13.2 Å². The maximum absolute atomic E-state index is 13.8. The highest BCUT2D eigenvalue weighted by Crippen LogP contribution is 2.41. The lowest BCUT2D eigenvalue weighted by molar-refractivity contribution is -0.139. The molecule has 16 heteroatoms. The summed E-state index contributed by atoms with van der Waals surface area (Å²) in [5.41, 5.74) is 4.60. The Hall–Kier alpha value is -4.93. The Morgan fingerprint density at radius 2 is 1.74 bits per heavy atom. The lowest BCUT2D eigenvalue weighted by Crippen LogP contribution is -2.54. The standard InChI is InChI=1S/C45H56BrN9O6/c1-29-4-9-35(21-36(29)43(60)55(28-56)38-10-11-39(57)49-41(38)58)53-16-12-30(13-17-53)23-52-18-14-45(26-52)15-19-54(27-45)42(59)32-7-5-31(6-8-32)33-20-34(25-50(2)24-33)48-37-22-47-51(3)44(61)40(37)46/h4-9,21-22,28,30,33-34,38,48H,10-20,23-27H2,1-3H3,(H,49,57,58). The maximum Gasteiger partial charge on any atom is 0.282 e. The molecule has 3 aromatic rings.